The summed E-state index contributed by atoms with van der Waals surface area (Å²) >= 11 is 0. The molecule has 0 saturated carbocycles. The molecule has 4 rings (SSSR count). The Morgan fingerprint density at radius 3 is 2.70 bits per heavy atom. The number of aryl methyl sites for hydroxylation is 1. The average molecular weight is 453 g/mol. The predicted molar refractivity (Wildman–Crippen MR) is 132 cm³/mol. The van der Waals surface area contributed by atoms with Crippen molar-refractivity contribution < 1.29 is 4.74 Å². The number of likely N-dealkylation sites (tertiary alicyclic amines) is 1. The summed E-state index contributed by atoms with van der Waals surface area (Å²) in [6, 6.07) is 4.01. The van der Waals surface area contributed by atoms with E-state index in [0.717, 1.165) is 60.1 Å². The summed E-state index contributed by atoms with van der Waals surface area (Å²) in [5.41, 5.74) is 3.94. The van der Waals surface area contributed by atoms with Crippen molar-refractivity contribution in [2.24, 2.45) is 0 Å². The molecule has 0 atom stereocenters. The Hall–Kier alpha value is -2.78. The Balaban J connectivity index is 1.81. The van der Waals surface area contributed by atoms with Gasteiger partial charge in [0.05, 0.1) is 13.2 Å². The van der Waals surface area contributed by atoms with Crippen LogP contribution >= 0.6 is 0 Å². The van der Waals surface area contributed by atoms with Gasteiger partial charge in [0.2, 0.25) is 5.95 Å². The molecule has 4 heterocycles. The Kier molecular flexibility index (Phi) is 7.72. The number of ether oxygens (including phenoxy) is 1. The smallest absolute Gasteiger partial charge is 0.227 e. The lowest BCUT2D eigenvalue weighted by Crippen LogP contribution is -2.29. The van der Waals surface area contributed by atoms with E-state index in [4.69, 9.17) is 19.8 Å². The average Bonchev–Trinajstić information content (AvgIpc) is 3.17. The maximum absolute atomic E-state index is 5.65. The van der Waals surface area contributed by atoms with E-state index in [9.17, 15) is 0 Å². The van der Waals surface area contributed by atoms with Gasteiger partial charge >= 0.3 is 0 Å². The normalized spacial score (nSPS) is 14.7. The van der Waals surface area contributed by atoms with E-state index in [1.54, 1.807) is 0 Å². The van der Waals surface area contributed by atoms with Crippen molar-refractivity contribution in [3.05, 3.63) is 29.6 Å². The first-order valence-corrected chi connectivity index (χ1v) is 12.1. The van der Waals surface area contributed by atoms with Crippen molar-refractivity contribution in [3.63, 3.8) is 0 Å². The van der Waals surface area contributed by atoms with E-state index in [1.165, 1.54) is 19.3 Å². The fourth-order valence-electron chi connectivity index (χ4n) is 4.15. The minimum atomic E-state index is 0.592. The lowest BCUT2D eigenvalue weighted by molar-refractivity contribution is 0.137. The van der Waals surface area contributed by atoms with Crippen molar-refractivity contribution >= 4 is 28.6 Å². The zero-order chi connectivity index (χ0) is 23.2. The third-order valence-electron chi connectivity index (χ3n) is 6.10. The van der Waals surface area contributed by atoms with Crippen LogP contribution in [0, 0.1) is 6.92 Å². The highest BCUT2D eigenvalue weighted by Gasteiger charge is 2.22. The number of anilines is 3. The molecular formula is C24H36N8O. The first-order valence-electron chi connectivity index (χ1n) is 12.1. The molecule has 0 aliphatic carbocycles. The molecule has 1 aliphatic rings. The highest BCUT2D eigenvalue weighted by molar-refractivity contribution is 5.90. The van der Waals surface area contributed by atoms with Gasteiger partial charge in [-0.15, -0.1) is 0 Å². The minimum absolute atomic E-state index is 0.592. The molecule has 1 fully saturated rings. The second-order valence-corrected chi connectivity index (χ2v) is 8.63. The van der Waals surface area contributed by atoms with Crippen LogP contribution in [0.3, 0.4) is 0 Å². The van der Waals surface area contributed by atoms with Crippen LogP contribution < -0.4 is 10.2 Å². The van der Waals surface area contributed by atoms with Crippen LogP contribution in [0.2, 0.25) is 0 Å². The Bertz CT molecular complexity index is 1060. The van der Waals surface area contributed by atoms with Gasteiger partial charge in [0.1, 0.15) is 22.5 Å². The third-order valence-corrected chi connectivity index (χ3v) is 6.10. The molecule has 1 saturated heterocycles. The number of pyridine rings is 1. The summed E-state index contributed by atoms with van der Waals surface area (Å²) in [5, 5.41) is 8.47. The van der Waals surface area contributed by atoms with Crippen molar-refractivity contribution in [2.75, 3.05) is 50.1 Å². The maximum Gasteiger partial charge on any atom is 0.227 e. The van der Waals surface area contributed by atoms with E-state index in [-0.39, 0.29) is 0 Å². The van der Waals surface area contributed by atoms with Crippen molar-refractivity contribution in [3.8, 4) is 0 Å². The number of nitrogens with zero attached hydrogens (tertiary/aromatic N) is 7. The van der Waals surface area contributed by atoms with E-state index in [0.29, 0.717) is 25.7 Å². The Morgan fingerprint density at radius 2 is 1.97 bits per heavy atom. The van der Waals surface area contributed by atoms with Gasteiger partial charge in [-0.05, 0) is 64.4 Å². The number of hydrogen-bond donors (Lipinski definition) is 1. The molecule has 33 heavy (non-hydrogen) atoms. The molecule has 0 radical (unpaired) electrons. The number of hydrogen-bond acceptors (Lipinski definition) is 8. The summed E-state index contributed by atoms with van der Waals surface area (Å²) in [6.45, 7) is 11.9. The van der Waals surface area contributed by atoms with Gasteiger partial charge in [-0.25, -0.2) is 9.97 Å². The first-order chi connectivity index (χ1) is 16.1. The van der Waals surface area contributed by atoms with E-state index in [2.05, 4.69) is 33.9 Å². The largest absolute Gasteiger partial charge is 0.380 e. The van der Waals surface area contributed by atoms with Crippen LogP contribution in [0.5, 0.6) is 0 Å². The third kappa shape index (κ3) is 5.59. The van der Waals surface area contributed by atoms with Crippen LogP contribution in [-0.2, 0) is 17.8 Å². The quantitative estimate of drug-likeness (QED) is 0.466. The second-order valence-electron chi connectivity index (χ2n) is 8.63. The van der Waals surface area contributed by atoms with Crippen molar-refractivity contribution in [2.45, 2.75) is 53.1 Å². The lowest BCUT2D eigenvalue weighted by Gasteiger charge is -2.25. The number of piperidine rings is 1. The molecule has 178 valence electrons. The van der Waals surface area contributed by atoms with Gasteiger partial charge in [-0.2, -0.15) is 10.1 Å². The number of rotatable bonds is 10. The first kappa shape index (κ1) is 23.4. The number of aromatic nitrogens is 5. The van der Waals surface area contributed by atoms with Crippen molar-refractivity contribution in [1.82, 2.24) is 29.6 Å². The SMILES string of the molecule is CCOCCn1nc(CN2CCCCC2)c2nc(N(C)CC)nc(Nc3cc(C)ccn3)c21. The van der Waals surface area contributed by atoms with Crippen LogP contribution in [0.1, 0.15) is 44.4 Å². The van der Waals surface area contributed by atoms with E-state index >= 15 is 0 Å². The summed E-state index contributed by atoms with van der Waals surface area (Å²) in [7, 11) is 2.01. The maximum atomic E-state index is 5.65. The molecule has 3 aromatic heterocycles. The van der Waals surface area contributed by atoms with Gasteiger partial charge in [-0.3, -0.25) is 9.58 Å². The van der Waals surface area contributed by atoms with Crippen LogP contribution in [0.25, 0.3) is 11.0 Å². The summed E-state index contributed by atoms with van der Waals surface area (Å²) in [5.74, 6) is 2.17. The zero-order valence-electron chi connectivity index (χ0n) is 20.3. The molecule has 0 unspecified atom stereocenters. The van der Waals surface area contributed by atoms with Gasteiger partial charge in [0.15, 0.2) is 5.82 Å². The molecule has 9 nitrogen and oxygen atoms in total. The Labute approximate surface area is 196 Å². The van der Waals surface area contributed by atoms with Crippen molar-refractivity contribution in [1.29, 1.82) is 0 Å². The highest BCUT2D eigenvalue weighted by atomic mass is 16.5. The molecule has 9 heteroatoms. The zero-order valence-corrected chi connectivity index (χ0v) is 20.3. The molecule has 3 aromatic rings. The standard InChI is InChI=1S/C24H36N8O/c1-5-30(4)24-27-21-19(17-31-12-8-7-9-13-31)29-32(14-15-33-6-2)22(21)23(28-24)26-20-16-18(3)10-11-25-20/h10-11,16H,5-9,12-15,17H2,1-4H3,(H,25,26,27,28). The Morgan fingerprint density at radius 1 is 1.15 bits per heavy atom. The van der Waals surface area contributed by atoms with Gasteiger partial charge in [0.25, 0.3) is 0 Å². The molecule has 0 amide bonds. The van der Waals surface area contributed by atoms with Crippen LogP contribution in [-0.4, -0.2) is 69.5 Å². The number of fused-ring (bicyclic) bond motifs is 1. The minimum Gasteiger partial charge on any atom is -0.380 e. The molecule has 0 spiro atoms. The highest BCUT2D eigenvalue weighted by Crippen LogP contribution is 2.29. The van der Waals surface area contributed by atoms with Gasteiger partial charge < -0.3 is 15.0 Å². The van der Waals surface area contributed by atoms with E-state index in [1.807, 2.05) is 37.0 Å². The monoisotopic (exact) mass is 452 g/mol. The molecule has 0 bridgehead atoms. The summed E-state index contributed by atoms with van der Waals surface area (Å²) in [4.78, 5) is 18.9. The van der Waals surface area contributed by atoms with Gasteiger partial charge in [-0.1, -0.05) is 6.42 Å². The fourth-order valence-corrected chi connectivity index (χ4v) is 4.15. The molecule has 1 aliphatic heterocycles. The lowest BCUT2D eigenvalue weighted by atomic mass is 10.1. The summed E-state index contributed by atoms with van der Waals surface area (Å²) in [6.07, 6.45) is 5.61. The summed E-state index contributed by atoms with van der Waals surface area (Å²) < 4.78 is 7.64. The molecule has 1 N–H and O–H groups in total. The fraction of sp³-hybridized carbons (Fsp3) is 0.583. The number of nitrogens with one attached hydrogen (secondary N) is 1. The van der Waals surface area contributed by atoms with Crippen LogP contribution in [0.15, 0.2) is 18.3 Å². The predicted octanol–water partition coefficient (Wildman–Crippen LogP) is 3.75. The van der Waals surface area contributed by atoms with Gasteiger partial charge in [0, 0.05) is 32.9 Å². The van der Waals surface area contributed by atoms with E-state index < -0.39 is 0 Å². The van der Waals surface area contributed by atoms with Crippen LogP contribution in [0.4, 0.5) is 17.6 Å². The molecule has 0 aromatic carbocycles. The second kappa shape index (κ2) is 10.9. The molecular weight excluding hydrogens is 416 g/mol. The topological polar surface area (TPSA) is 84.2 Å².